The monoisotopic (exact) mass is 335 g/mol. The van der Waals surface area contributed by atoms with Crippen molar-refractivity contribution in [1.29, 1.82) is 0 Å². The third-order valence-electron chi connectivity index (χ3n) is 2.86. The summed E-state index contributed by atoms with van der Waals surface area (Å²) in [6, 6.07) is 7.56. The Hall–Kier alpha value is -1.86. The van der Waals surface area contributed by atoms with Crippen LogP contribution in [0, 0.1) is 6.92 Å². The number of likely N-dealkylation sites (N-methyl/N-ethyl adjacent to an activating group) is 1. The molecule has 0 spiro atoms. The van der Waals surface area contributed by atoms with Gasteiger partial charge in [-0.1, -0.05) is 11.8 Å². The molecule has 0 saturated carbocycles. The summed E-state index contributed by atoms with van der Waals surface area (Å²) in [5, 5.41) is 4.78. The van der Waals surface area contributed by atoms with E-state index in [2.05, 4.69) is 10.3 Å². The lowest BCUT2D eigenvalue weighted by atomic mass is 10.3. The number of carbonyl (C=O) groups excluding carboxylic acids is 2. The number of benzene rings is 1. The van der Waals surface area contributed by atoms with Gasteiger partial charge in [0.2, 0.25) is 11.8 Å². The standard InChI is InChI=1S/C15H17N3O2S2/c1-10-9-21-15(16-10)22-13-6-4-12(5-7-13)17-14(20)8-18(3)11(2)19/h4-7,9H,8H2,1-3H3,(H,17,20). The van der Waals surface area contributed by atoms with Crippen molar-refractivity contribution in [2.75, 3.05) is 18.9 Å². The molecule has 22 heavy (non-hydrogen) atoms. The fourth-order valence-electron chi connectivity index (χ4n) is 1.61. The molecule has 1 aromatic heterocycles. The van der Waals surface area contributed by atoms with Crippen molar-refractivity contribution in [3.05, 3.63) is 35.3 Å². The van der Waals surface area contributed by atoms with Crippen LogP contribution in [0.15, 0.2) is 38.9 Å². The van der Waals surface area contributed by atoms with Gasteiger partial charge in [0.25, 0.3) is 0 Å². The van der Waals surface area contributed by atoms with Crippen molar-refractivity contribution in [1.82, 2.24) is 9.88 Å². The van der Waals surface area contributed by atoms with E-state index in [1.54, 1.807) is 30.1 Å². The van der Waals surface area contributed by atoms with Crippen LogP contribution in [0.2, 0.25) is 0 Å². The van der Waals surface area contributed by atoms with Crippen LogP contribution in [0.1, 0.15) is 12.6 Å². The van der Waals surface area contributed by atoms with Crippen LogP contribution in [0.3, 0.4) is 0 Å². The van der Waals surface area contributed by atoms with E-state index in [0.29, 0.717) is 5.69 Å². The zero-order valence-electron chi connectivity index (χ0n) is 12.6. The maximum atomic E-state index is 11.8. The molecular weight excluding hydrogens is 318 g/mol. The molecule has 0 aliphatic rings. The minimum absolute atomic E-state index is 0.0459. The number of nitrogens with zero attached hydrogens (tertiary/aromatic N) is 2. The lowest BCUT2D eigenvalue weighted by Gasteiger charge is -2.14. The molecule has 1 N–H and O–H groups in total. The molecule has 0 bridgehead atoms. The minimum atomic E-state index is -0.214. The first-order valence-electron chi connectivity index (χ1n) is 6.65. The number of carbonyl (C=O) groups is 2. The molecular formula is C15H17N3O2S2. The molecule has 0 aliphatic carbocycles. The molecule has 7 heteroatoms. The number of hydrogen-bond donors (Lipinski definition) is 1. The highest BCUT2D eigenvalue weighted by Gasteiger charge is 2.09. The van der Waals surface area contributed by atoms with Gasteiger partial charge in [-0.3, -0.25) is 9.59 Å². The van der Waals surface area contributed by atoms with Gasteiger partial charge in [-0.25, -0.2) is 4.98 Å². The molecule has 0 unspecified atom stereocenters. The maximum Gasteiger partial charge on any atom is 0.243 e. The Kier molecular flexibility index (Phi) is 5.57. The third kappa shape index (κ3) is 4.85. The van der Waals surface area contributed by atoms with Gasteiger partial charge in [0.05, 0.1) is 6.54 Å². The van der Waals surface area contributed by atoms with E-state index < -0.39 is 0 Å². The normalized spacial score (nSPS) is 10.3. The summed E-state index contributed by atoms with van der Waals surface area (Å²) in [4.78, 5) is 29.7. The summed E-state index contributed by atoms with van der Waals surface area (Å²) in [6.07, 6.45) is 0. The van der Waals surface area contributed by atoms with E-state index in [0.717, 1.165) is 14.9 Å². The van der Waals surface area contributed by atoms with Gasteiger partial charge in [0.1, 0.15) is 0 Å². The molecule has 0 atom stereocenters. The average molecular weight is 335 g/mol. The first-order chi connectivity index (χ1) is 10.4. The number of hydrogen-bond acceptors (Lipinski definition) is 5. The topological polar surface area (TPSA) is 62.3 Å². The Labute approximate surface area is 137 Å². The first kappa shape index (κ1) is 16.5. The van der Waals surface area contributed by atoms with Crippen LogP contribution in [0.25, 0.3) is 0 Å². The van der Waals surface area contributed by atoms with E-state index in [4.69, 9.17) is 0 Å². The summed E-state index contributed by atoms with van der Waals surface area (Å²) in [6.45, 7) is 3.45. The fraction of sp³-hybridized carbons (Fsp3) is 0.267. The van der Waals surface area contributed by atoms with Gasteiger partial charge in [-0.2, -0.15) is 0 Å². The highest BCUT2D eigenvalue weighted by molar-refractivity contribution is 8.01. The van der Waals surface area contributed by atoms with Crippen molar-refractivity contribution < 1.29 is 9.59 Å². The number of anilines is 1. The van der Waals surface area contributed by atoms with Crippen molar-refractivity contribution in [2.24, 2.45) is 0 Å². The first-order valence-corrected chi connectivity index (χ1v) is 8.35. The van der Waals surface area contributed by atoms with Crippen LogP contribution in [-0.4, -0.2) is 35.3 Å². The third-order valence-corrected chi connectivity index (χ3v) is 4.92. The van der Waals surface area contributed by atoms with Gasteiger partial charge < -0.3 is 10.2 Å². The second kappa shape index (κ2) is 7.42. The van der Waals surface area contributed by atoms with Gasteiger partial charge in [0, 0.05) is 35.6 Å². The number of rotatable bonds is 5. The van der Waals surface area contributed by atoms with Crippen molar-refractivity contribution >= 4 is 40.6 Å². The Bertz CT molecular complexity index is 668. The Morgan fingerprint density at radius 3 is 2.55 bits per heavy atom. The largest absolute Gasteiger partial charge is 0.337 e. The smallest absolute Gasteiger partial charge is 0.243 e. The minimum Gasteiger partial charge on any atom is -0.337 e. The number of nitrogens with one attached hydrogen (secondary N) is 1. The number of aromatic nitrogens is 1. The molecule has 2 aromatic rings. The van der Waals surface area contributed by atoms with Crippen LogP contribution < -0.4 is 5.32 Å². The van der Waals surface area contributed by atoms with Crippen LogP contribution in [-0.2, 0) is 9.59 Å². The summed E-state index contributed by atoms with van der Waals surface area (Å²) < 4.78 is 0.998. The lowest BCUT2D eigenvalue weighted by Crippen LogP contribution is -2.33. The van der Waals surface area contributed by atoms with Gasteiger partial charge in [-0.05, 0) is 31.2 Å². The Balaban J connectivity index is 1.91. The number of amides is 2. The molecule has 5 nitrogen and oxygen atoms in total. The van der Waals surface area contributed by atoms with E-state index in [9.17, 15) is 9.59 Å². The molecule has 2 amide bonds. The van der Waals surface area contributed by atoms with E-state index in [1.165, 1.54) is 11.8 Å². The molecule has 0 saturated heterocycles. The highest BCUT2D eigenvalue weighted by atomic mass is 32.2. The quantitative estimate of drug-likeness (QED) is 0.912. The second-order valence-corrected chi connectivity index (χ2v) is 6.98. The zero-order valence-corrected chi connectivity index (χ0v) is 14.3. The maximum absolute atomic E-state index is 11.8. The molecule has 116 valence electrons. The number of aryl methyl sites for hydroxylation is 1. The average Bonchev–Trinajstić information content (AvgIpc) is 2.86. The zero-order chi connectivity index (χ0) is 16.1. The van der Waals surface area contributed by atoms with Crippen LogP contribution in [0.5, 0.6) is 0 Å². The van der Waals surface area contributed by atoms with E-state index in [1.807, 2.05) is 36.6 Å². The second-order valence-electron chi connectivity index (χ2n) is 4.80. The van der Waals surface area contributed by atoms with Gasteiger partial charge in [0.15, 0.2) is 4.34 Å². The van der Waals surface area contributed by atoms with E-state index >= 15 is 0 Å². The molecule has 0 aliphatic heterocycles. The molecule has 1 aromatic carbocycles. The summed E-state index contributed by atoms with van der Waals surface area (Å²) in [7, 11) is 1.59. The highest BCUT2D eigenvalue weighted by Crippen LogP contribution is 2.30. The summed E-state index contributed by atoms with van der Waals surface area (Å²) in [5.41, 5.74) is 1.73. The van der Waals surface area contributed by atoms with Crippen molar-refractivity contribution in [2.45, 2.75) is 23.1 Å². The summed E-state index contributed by atoms with van der Waals surface area (Å²) in [5.74, 6) is -0.353. The van der Waals surface area contributed by atoms with Gasteiger partial charge in [-0.15, -0.1) is 11.3 Å². The molecule has 0 fully saturated rings. The lowest BCUT2D eigenvalue weighted by molar-refractivity contribution is -0.131. The number of thiazole rings is 1. The predicted molar refractivity (Wildman–Crippen MR) is 89.4 cm³/mol. The SMILES string of the molecule is CC(=O)N(C)CC(=O)Nc1ccc(Sc2nc(C)cs2)cc1. The molecule has 2 rings (SSSR count). The predicted octanol–water partition coefficient (Wildman–Crippen LogP) is 3.02. The Morgan fingerprint density at radius 1 is 1.32 bits per heavy atom. The van der Waals surface area contributed by atoms with Crippen molar-refractivity contribution in [3.8, 4) is 0 Å². The molecule has 1 heterocycles. The molecule has 0 radical (unpaired) electrons. The summed E-state index contributed by atoms with van der Waals surface area (Å²) >= 11 is 3.21. The van der Waals surface area contributed by atoms with Crippen LogP contribution >= 0.6 is 23.1 Å². The fourth-order valence-corrected chi connectivity index (χ4v) is 3.42. The van der Waals surface area contributed by atoms with Gasteiger partial charge >= 0.3 is 0 Å². The van der Waals surface area contributed by atoms with Crippen molar-refractivity contribution in [3.63, 3.8) is 0 Å². The van der Waals surface area contributed by atoms with E-state index in [-0.39, 0.29) is 18.4 Å². The van der Waals surface area contributed by atoms with Crippen LogP contribution in [0.4, 0.5) is 5.69 Å². The Morgan fingerprint density at radius 2 is 2.00 bits per heavy atom.